The van der Waals surface area contributed by atoms with Crippen molar-refractivity contribution in [2.75, 3.05) is 11.9 Å². The van der Waals surface area contributed by atoms with E-state index in [1.807, 2.05) is 42.5 Å². The summed E-state index contributed by atoms with van der Waals surface area (Å²) < 4.78 is 13.6. The molecular weight excluding hydrogens is 323 g/mol. The van der Waals surface area contributed by atoms with Gasteiger partial charge in [-0.05, 0) is 37.5 Å². The molecule has 1 fully saturated rings. The summed E-state index contributed by atoms with van der Waals surface area (Å²) in [7, 11) is 1.90. The minimum atomic E-state index is -0.288. The Balaban J connectivity index is 0.000000290. The number of aromatic nitrogens is 3. The topological polar surface area (TPSA) is 41.9 Å². The second-order valence-electron chi connectivity index (χ2n) is 5.75. The monoisotopic (exact) mass is 342 g/mol. The molecule has 1 aliphatic carbocycles. The van der Waals surface area contributed by atoms with Gasteiger partial charge in [0.15, 0.2) is 5.82 Å². The molecule has 1 aliphatic rings. The smallest absolute Gasteiger partial charge is 0.230 e. The molecule has 124 valence electrons. The molecule has 0 N–H and O–H groups in total. The lowest BCUT2D eigenvalue weighted by Crippen LogP contribution is -2.14. The van der Waals surface area contributed by atoms with Crippen LogP contribution in [0.5, 0.6) is 0 Å². The average Bonchev–Trinajstić information content (AvgIpc) is 3.25. The highest BCUT2D eigenvalue weighted by Crippen LogP contribution is 2.40. The molecular formula is C18H19FN4S. The first-order valence-corrected chi connectivity index (χ1v) is 8.74. The van der Waals surface area contributed by atoms with E-state index in [0.29, 0.717) is 11.6 Å². The van der Waals surface area contributed by atoms with Crippen molar-refractivity contribution in [1.29, 1.82) is 0 Å². The first-order chi connectivity index (χ1) is 11.6. The van der Waals surface area contributed by atoms with Gasteiger partial charge < -0.3 is 4.90 Å². The highest BCUT2D eigenvalue weighted by atomic mass is 32.1. The van der Waals surface area contributed by atoms with Crippen molar-refractivity contribution in [1.82, 2.24) is 15.0 Å². The summed E-state index contributed by atoms with van der Waals surface area (Å²) in [5.41, 5.74) is 4.53. The van der Waals surface area contributed by atoms with Crippen LogP contribution in [0.4, 0.5) is 16.0 Å². The van der Waals surface area contributed by atoms with E-state index in [0.717, 1.165) is 18.5 Å². The maximum absolute atomic E-state index is 13.6. The standard InChI is InChI=1S/C15H16FN3.C3H3NS/c1-10-4-3-5-12(8-10)19(2)15-17-9-13(16)14(18-15)11-6-7-11;1-2-5-3-4-1/h3-5,8-9,11H,6-7H2,1-2H3;1-3H. The quantitative estimate of drug-likeness (QED) is 0.691. The van der Waals surface area contributed by atoms with Gasteiger partial charge in [-0.2, -0.15) is 0 Å². The van der Waals surface area contributed by atoms with Crippen LogP contribution in [-0.2, 0) is 0 Å². The molecule has 0 radical (unpaired) electrons. The molecule has 2 heterocycles. The Hall–Kier alpha value is -2.34. The Labute approximate surface area is 145 Å². The summed E-state index contributed by atoms with van der Waals surface area (Å²) in [5, 5.41) is 1.93. The van der Waals surface area contributed by atoms with E-state index in [-0.39, 0.29) is 11.7 Å². The van der Waals surface area contributed by atoms with E-state index in [2.05, 4.69) is 21.0 Å². The summed E-state index contributed by atoms with van der Waals surface area (Å²) in [5.74, 6) is 0.547. The van der Waals surface area contributed by atoms with Gasteiger partial charge in [-0.3, -0.25) is 4.98 Å². The number of hydrogen-bond donors (Lipinski definition) is 0. The Morgan fingerprint density at radius 2 is 2.12 bits per heavy atom. The predicted molar refractivity (Wildman–Crippen MR) is 95.3 cm³/mol. The first-order valence-electron chi connectivity index (χ1n) is 7.80. The van der Waals surface area contributed by atoms with E-state index in [9.17, 15) is 4.39 Å². The molecule has 6 heteroatoms. The van der Waals surface area contributed by atoms with Gasteiger partial charge in [-0.15, -0.1) is 11.3 Å². The lowest BCUT2D eigenvalue weighted by molar-refractivity contribution is 0.591. The van der Waals surface area contributed by atoms with Crippen molar-refractivity contribution in [3.8, 4) is 0 Å². The summed E-state index contributed by atoms with van der Waals surface area (Å²) in [6, 6.07) is 8.09. The molecule has 1 aromatic carbocycles. The van der Waals surface area contributed by atoms with Gasteiger partial charge in [0.2, 0.25) is 5.95 Å². The molecule has 0 amide bonds. The third-order valence-electron chi connectivity index (χ3n) is 3.76. The van der Waals surface area contributed by atoms with Crippen LogP contribution in [0.2, 0.25) is 0 Å². The molecule has 2 aromatic heterocycles. The summed E-state index contributed by atoms with van der Waals surface area (Å²) in [4.78, 5) is 14.1. The van der Waals surface area contributed by atoms with E-state index in [1.165, 1.54) is 11.8 Å². The van der Waals surface area contributed by atoms with Crippen LogP contribution in [-0.4, -0.2) is 22.0 Å². The van der Waals surface area contributed by atoms with Crippen LogP contribution in [0.25, 0.3) is 0 Å². The van der Waals surface area contributed by atoms with Crippen LogP contribution >= 0.6 is 11.3 Å². The highest BCUT2D eigenvalue weighted by molar-refractivity contribution is 7.07. The first kappa shape index (κ1) is 16.5. The molecule has 0 atom stereocenters. The van der Waals surface area contributed by atoms with Crippen molar-refractivity contribution in [3.05, 3.63) is 64.6 Å². The molecule has 0 bridgehead atoms. The minimum Gasteiger partial charge on any atom is -0.314 e. The van der Waals surface area contributed by atoms with E-state index in [1.54, 1.807) is 23.0 Å². The van der Waals surface area contributed by atoms with Gasteiger partial charge in [0, 0.05) is 30.2 Å². The Kier molecular flexibility index (Phi) is 5.15. The average molecular weight is 342 g/mol. The number of rotatable bonds is 3. The molecule has 3 aromatic rings. The third kappa shape index (κ3) is 4.14. The van der Waals surface area contributed by atoms with Crippen LogP contribution in [0, 0.1) is 12.7 Å². The number of thiazole rings is 1. The summed E-state index contributed by atoms with van der Waals surface area (Å²) in [6.45, 7) is 2.04. The Morgan fingerprint density at radius 3 is 2.71 bits per heavy atom. The molecule has 4 nitrogen and oxygen atoms in total. The molecule has 0 unspecified atom stereocenters. The molecule has 4 rings (SSSR count). The predicted octanol–water partition coefficient (Wildman–Crippen LogP) is 4.71. The van der Waals surface area contributed by atoms with Crippen LogP contribution in [0.15, 0.2) is 47.5 Å². The zero-order valence-electron chi connectivity index (χ0n) is 13.7. The molecule has 0 aliphatic heterocycles. The Bertz CT molecular complexity index is 770. The van der Waals surface area contributed by atoms with Crippen molar-refractivity contribution < 1.29 is 4.39 Å². The number of benzene rings is 1. The van der Waals surface area contributed by atoms with Crippen LogP contribution < -0.4 is 4.90 Å². The second-order valence-corrected chi connectivity index (χ2v) is 6.51. The maximum atomic E-state index is 13.6. The molecule has 0 saturated heterocycles. The summed E-state index contributed by atoms with van der Waals surface area (Å²) in [6.07, 6.45) is 5.11. The summed E-state index contributed by atoms with van der Waals surface area (Å²) >= 11 is 1.60. The lowest BCUT2D eigenvalue weighted by atomic mass is 10.2. The number of nitrogens with zero attached hydrogens (tertiary/aromatic N) is 4. The van der Waals surface area contributed by atoms with Crippen molar-refractivity contribution in [2.24, 2.45) is 0 Å². The van der Waals surface area contributed by atoms with Gasteiger partial charge in [-0.1, -0.05) is 12.1 Å². The maximum Gasteiger partial charge on any atom is 0.230 e. The van der Waals surface area contributed by atoms with Gasteiger partial charge in [0.05, 0.1) is 17.4 Å². The van der Waals surface area contributed by atoms with E-state index in [4.69, 9.17) is 0 Å². The minimum absolute atomic E-state index is 0.285. The molecule has 1 saturated carbocycles. The van der Waals surface area contributed by atoms with Gasteiger partial charge in [-0.25, -0.2) is 14.4 Å². The number of anilines is 2. The van der Waals surface area contributed by atoms with E-state index < -0.39 is 0 Å². The largest absolute Gasteiger partial charge is 0.314 e. The zero-order valence-corrected chi connectivity index (χ0v) is 14.5. The van der Waals surface area contributed by atoms with Gasteiger partial charge in [0.25, 0.3) is 0 Å². The zero-order chi connectivity index (χ0) is 16.9. The fraction of sp³-hybridized carbons (Fsp3) is 0.278. The fourth-order valence-electron chi connectivity index (χ4n) is 2.30. The van der Waals surface area contributed by atoms with E-state index >= 15 is 0 Å². The lowest BCUT2D eigenvalue weighted by Gasteiger charge is -2.18. The fourth-order valence-corrected chi connectivity index (χ4v) is 2.65. The number of aryl methyl sites for hydroxylation is 1. The highest BCUT2D eigenvalue weighted by Gasteiger charge is 2.29. The van der Waals surface area contributed by atoms with Crippen molar-refractivity contribution in [2.45, 2.75) is 25.7 Å². The third-order valence-corrected chi connectivity index (χ3v) is 4.28. The normalized spacial score (nSPS) is 13.1. The number of halogens is 1. The molecule has 0 spiro atoms. The Morgan fingerprint density at radius 1 is 1.29 bits per heavy atom. The second kappa shape index (κ2) is 7.49. The SMILES string of the molecule is Cc1cccc(N(C)c2ncc(F)c(C3CC3)n2)c1.c1cscn1. The van der Waals surface area contributed by atoms with Gasteiger partial charge >= 0.3 is 0 Å². The van der Waals surface area contributed by atoms with Crippen LogP contribution in [0.3, 0.4) is 0 Å². The molecule has 24 heavy (non-hydrogen) atoms. The van der Waals surface area contributed by atoms with Crippen LogP contribution in [0.1, 0.15) is 30.0 Å². The van der Waals surface area contributed by atoms with Crippen molar-refractivity contribution >= 4 is 23.0 Å². The van der Waals surface area contributed by atoms with Crippen molar-refractivity contribution in [3.63, 3.8) is 0 Å². The number of hydrogen-bond acceptors (Lipinski definition) is 5. The van der Waals surface area contributed by atoms with Gasteiger partial charge in [0.1, 0.15) is 0 Å².